The first-order valence-electron chi connectivity index (χ1n) is 7.74. The highest BCUT2D eigenvalue weighted by Gasteiger charge is 2.35. The van der Waals surface area contributed by atoms with E-state index in [1.54, 1.807) is 30.3 Å². The molecule has 2 aromatic carbocycles. The number of sulfonamides is 1. The van der Waals surface area contributed by atoms with Gasteiger partial charge in [-0.15, -0.1) is 0 Å². The van der Waals surface area contributed by atoms with Crippen LogP contribution in [0.15, 0.2) is 53.4 Å². The van der Waals surface area contributed by atoms with Gasteiger partial charge >= 0.3 is 0 Å². The Hall–Kier alpha value is -2.42. The number of nitrogens with one attached hydrogen (secondary N) is 1. The molecule has 1 saturated heterocycles. The minimum atomic E-state index is -3.87. The van der Waals surface area contributed by atoms with Gasteiger partial charge in [0.25, 0.3) is 0 Å². The topological polar surface area (TPSA) is 110 Å². The molecule has 0 saturated carbocycles. The first-order valence-corrected chi connectivity index (χ1v) is 9.67. The molecule has 1 fully saturated rings. The average molecular weight is 394 g/mol. The van der Waals surface area contributed by atoms with Gasteiger partial charge in [0.2, 0.25) is 21.8 Å². The summed E-state index contributed by atoms with van der Waals surface area (Å²) in [5.41, 5.74) is 0.857. The highest BCUT2D eigenvalue weighted by molar-refractivity contribution is 7.89. The van der Waals surface area contributed by atoms with E-state index in [0.717, 1.165) is 0 Å². The maximum Gasteiger partial charge on any atom is 0.238 e. The van der Waals surface area contributed by atoms with Crippen LogP contribution in [0, 0.1) is 5.92 Å². The molecule has 1 aliphatic rings. The monoisotopic (exact) mass is 393 g/mol. The maximum atomic E-state index is 12.5. The van der Waals surface area contributed by atoms with Gasteiger partial charge in [0.15, 0.2) is 0 Å². The van der Waals surface area contributed by atoms with Crippen LogP contribution in [0.2, 0.25) is 5.02 Å². The van der Waals surface area contributed by atoms with Crippen LogP contribution in [0.25, 0.3) is 0 Å². The molecule has 26 heavy (non-hydrogen) atoms. The lowest BCUT2D eigenvalue weighted by atomic mass is 10.1. The smallest absolute Gasteiger partial charge is 0.238 e. The fourth-order valence-corrected chi connectivity index (χ4v) is 3.58. The fraction of sp³-hybridized carbons (Fsp3) is 0.176. The lowest BCUT2D eigenvalue weighted by Gasteiger charge is -2.18. The third-order valence-electron chi connectivity index (χ3n) is 4.07. The number of carbonyl (C=O) groups excluding carboxylic acids is 2. The quantitative estimate of drug-likeness (QED) is 0.827. The summed E-state index contributed by atoms with van der Waals surface area (Å²) in [7, 11) is -3.87. The van der Waals surface area contributed by atoms with E-state index >= 15 is 0 Å². The number of nitrogens with zero attached hydrogens (tertiary/aromatic N) is 1. The molecule has 7 nitrogen and oxygen atoms in total. The van der Waals surface area contributed by atoms with Gasteiger partial charge in [-0.05, 0) is 30.3 Å². The fourth-order valence-electron chi connectivity index (χ4n) is 2.78. The zero-order valence-electron chi connectivity index (χ0n) is 13.6. The summed E-state index contributed by atoms with van der Waals surface area (Å²) in [6.45, 7) is 0.198. The van der Waals surface area contributed by atoms with E-state index < -0.39 is 15.9 Å². The number of hydrogen-bond donors (Lipinski definition) is 2. The van der Waals surface area contributed by atoms with Gasteiger partial charge in [-0.2, -0.15) is 0 Å². The Morgan fingerprint density at radius 3 is 2.62 bits per heavy atom. The Balaban J connectivity index is 1.74. The minimum absolute atomic E-state index is 0.0476. The van der Waals surface area contributed by atoms with E-state index in [4.69, 9.17) is 16.7 Å². The van der Waals surface area contributed by atoms with Gasteiger partial charge in [-0.1, -0.05) is 29.8 Å². The van der Waals surface area contributed by atoms with Gasteiger partial charge < -0.3 is 10.2 Å². The summed E-state index contributed by atoms with van der Waals surface area (Å²) >= 11 is 6.12. The molecule has 3 N–H and O–H groups in total. The van der Waals surface area contributed by atoms with Crippen LogP contribution in [-0.2, 0) is 19.6 Å². The van der Waals surface area contributed by atoms with Gasteiger partial charge in [-0.3, -0.25) is 9.59 Å². The molecule has 3 rings (SSSR count). The molecule has 1 atom stereocenters. The van der Waals surface area contributed by atoms with Gasteiger partial charge in [0, 0.05) is 18.7 Å². The standard InChI is InChI=1S/C17H16ClN3O4S/c18-14-6-1-2-7-15(14)21-10-11(8-16(21)22)17(23)20-12-4-3-5-13(9-12)26(19,24)25/h1-7,9,11H,8,10H2,(H,20,23)(H2,19,24,25). The first kappa shape index (κ1) is 18.4. The minimum Gasteiger partial charge on any atom is -0.326 e. The van der Waals surface area contributed by atoms with E-state index in [0.29, 0.717) is 16.4 Å². The lowest BCUT2D eigenvalue weighted by Crippen LogP contribution is -2.28. The molecule has 0 bridgehead atoms. The third-order valence-corrected chi connectivity index (χ3v) is 5.30. The molecule has 0 spiro atoms. The normalized spacial score (nSPS) is 17.4. The number of nitrogens with two attached hydrogens (primary N) is 1. The highest BCUT2D eigenvalue weighted by Crippen LogP contribution is 2.31. The highest BCUT2D eigenvalue weighted by atomic mass is 35.5. The van der Waals surface area contributed by atoms with Crippen LogP contribution < -0.4 is 15.4 Å². The Bertz CT molecular complexity index is 977. The molecule has 2 aromatic rings. The lowest BCUT2D eigenvalue weighted by molar-refractivity contribution is -0.122. The van der Waals surface area contributed by atoms with Gasteiger partial charge in [0.05, 0.1) is 21.5 Å². The summed E-state index contributed by atoms with van der Waals surface area (Å²) in [6, 6.07) is 12.6. The molecule has 0 radical (unpaired) electrons. The molecule has 9 heteroatoms. The number of primary sulfonamides is 1. The van der Waals surface area contributed by atoms with Gasteiger partial charge in [0.1, 0.15) is 0 Å². The van der Waals surface area contributed by atoms with E-state index in [1.807, 2.05) is 0 Å². The second-order valence-corrected chi connectivity index (χ2v) is 7.89. The van der Waals surface area contributed by atoms with E-state index in [9.17, 15) is 18.0 Å². The predicted molar refractivity (Wildman–Crippen MR) is 98.4 cm³/mol. The molecule has 1 aliphatic heterocycles. The van der Waals surface area contributed by atoms with Crippen LogP contribution in [0.4, 0.5) is 11.4 Å². The van der Waals surface area contributed by atoms with E-state index in [-0.39, 0.29) is 29.7 Å². The van der Waals surface area contributed by atoms with Crippen molar-refractivity contribution in [2.75, 3.05) is 16.8 Å². The van der Waals surface area contributed by atoms with Crippen LogP contribution in [-0.4, -0.2) is 26.8 Å². The van der Waals surface area contributed by atoms with Crippen LogP contribution in [0.1, 0.15) is 6.42 Å². The number of carbonyl (C=O) groups is 2. The zero-order chi connectivity index (χ0) is 18.9. The van der Waals surface area contributed by atoms with Crippen molar-refractivity contribution in [3.63, 3.8) is 0 Å². The Kier molecular flexibility index (Phi) is 4.99. The number of halogens is 1. The second kappa shape index (κ2) is 7.06. The van der Waals surface area contributed by atoms with Crippen LogP contribution in [0.3, 0.4) is 0 Å². The van der Waals surface area contributed by atoms with Crippen molar-refractivity contribution in [3.8, 4) is 0 Å². The van der Waals surface area contributed by atoms with Crippen molar-refractivity contribution in [2.24, 2.45) is 11.1 Å². The van der Waals surface area contributed by atoms with Crippen molar-refractivity contribution >= 4 is 44.8 Å². The van der Waals surface area contributed by atoms with Crippen LogP contribution >= 0.6 is 11.6 Å². The summed E-state index contributed by atoms with van der Waals surface area (Å²) in [6.07, 6.45) is 0.0476. The number of anilines is 2. The Morgan fingerprint density at radius 2 is 1.92 bits per heavy atom. The Labute approximate surface area is 155 Å². The zero-order valence-corrected chi connectivity index (χ0v) is 15.1. The van der Waals surface area contributed by atoms with Gasteiger partial charge in [-0.25, -0.2) is 13.6 Å². The van der Waals surface area contributed by atoms with Crippen molar-refractivity contribution in [1.82, 2.24) is 0 Å². The van der Waals surface area contributed by atoms with E-state index in [2.05, 4.69) is 5.32 Å². The second-order valence-electron chi connectivity index (χ2n) is 5.92. The molecular formula is C17H16ClN3O4S. The number of para-hydroxylation sites is 1. The Morgan fingerprint density at radius 1 is 1.19 bits per heavy atom. The largest absolute Gasteiger partial charge is 0.326 e. The van der Waals surface area contributed by atoms with Crippen LogP contribution in [0.5, 0.6) is 0 Å². The maximum absolute atomic E-state index is 12.5. The molecule has 2 amide bonds. The van der Waals surface area contributed by atoms with Crippen molar-refractivity contribution < 1.29 is 18.0 Å². The predicted octanol–water partition coefficient (Wildman–Crippen LogP) is 1.98. The number of hydrogen-bond acceptors (Lipinski definition) is 4. The molecule has 1 unspecified atom stereocenters. The molecule has 0 aliphatic carbocycles. The number of rotatable bonds is 4. The average Bonchev–Trinajstić information content (AvgIpc) is 2.97. The SMILES string of the molecule is NS(=O)(=O)c1cccc(NC(=O)C2CC(=O)N(c3ccccc3Cl)C2)c1. The third kappa shape index (κ3) is 3.87. The summed E-state index contributed by atoms with van der Waals surface area (Å²) in [5, 5.41) is 8.16. The summed E-state index contributed by atoms with van der Waals surface area (Å²) in [5.74, 6) is -1.15. The first-order chi connectivity index (χ1) is 12.3. The number of benzene rings is 2. The molecule has 1 heterocycles. The van der Waals surface area contributed by atoms with Crippen molar-refractivity contribution in [1.29, 1.82) is 0 Å². The molecule has 136 valence electrons. The molecule has 0 aromatic heterocycles. The van der Waals surface area contributed by atoms with Crippen molar-refractivity contribution in [3.05, 3.63) is 53.6 Å². The summed E-state index contributed by atoms with van der Waals surface area (Å²) < 4.78 is 22.8. The number of amides is 2. The molecular weight excluding hydrogens is 378 g/mol. The summed E-state index contributed by atoms with van der Waals surface area (Å²) in [4.78, 5) is 26.1. The van der Waals surface area contributed by atoms with Crippen molar-refractivity contribution in [2.45, 2.75) is 11.3 Å². The van der Waals surface area contributed by atoms with E-state index in [1.165, 1.54) is 23.1 Å².